The first kappa shape index (κ1) is 9.92. The second-order valence-corrected chi connectivity index (χ2v) is 3.20. The molecule has 0 saturated heterocycles. The van der Waals surface area contributed by atoms with Crippen molar-refractivity contribution < 1.29 is 14.3 Å². The van der Waals surface area contributed by atoms with Crippen LogP contribution in [0.2, 0.25) is 0 Å². The van der Waals surface area contributed by atoms with Gasteiger partial charge in [0.1, 0.15) is 5.82 Å². The Bertz CT molecular complexity index is 361. The number of halogens is 2. The maximum absolute atomic E-state index is 12.9. The number of rotatable bonds is 2. The Kier molecular flexibility index (Phi) is 3.19. The maximum Gasteiger partial charge on any atom is 0.328 e. The Morgan fingerprint density at radius 1 is 1.54 bits per heavy atom. The molecule has 4 heteroatoms. The average molecular weight is 245 g/mol. The quantitative estimate of drug-likeness (QED) is 0.813. The molecule has 1 aromatic carbocycles. The summed E-state index contributed by atoms with van der Waals surface area (Å²) in [4.78, 5) is 10.1. The zero-order valence-electron chi connectivity index (χ0n) is 6.50. The van der Waals surface area contributed by atoms with Gasteiger partial charge in [0.05, 0.1) is 4.47 Å². The highest BCUT2D eigenvalue weighted by molar-refractivity contribution is 9.10. The summed E-state index contributed by atoms with van der Waals surface area (Å²) in [5.74, 6) is -1.46. The molecule has 1 N–H and O–H groups in total. The van der Waals surface area contributed by atoms with Crippen LogP contribution in [0.25, 0.3) is 6.08 Å². The third-order valence-electron chi connectivity index (χ3n) is 1.36. The highest BCUT2D eigenvalue weighted by Crippen LogP contribution is 2.16. The first-order chi connectivity index (χ1) is 6.09. The topological polar surface area (TPSA) is 37.3 Å². The van der Waals surface area contributed by atoms with E-state index in [-0.39, 0.29) is 0 Å². The molecule has 1 aromatic rings. The third-order valence-corrected chi connectivity index (χ3v) is 2.01. The number of hydrogen-bond acceptors (Lipinski definition) is 1. The van der Waals surface area contributed by atoms with E-state index in [1.54, 1.807) is 6.07 Å². The van der Waals surface area contributed by atoms with Crippen molar-refractivity contribution in [3.63, 3.8) is 0 Å². The molecular weight excluding hydrogens is 239 g/mol. The molecule has 0 bridgehead atoms. The van der Waals surface area contributed by atoms with Crippen molar-refractivity contribution >= 4 is 28.0 Å². The fourth-order valence-corrected chi connectivity index (χ4v) is 1.03. The van der Waals surface area contributed by atoms with E-state index in [1.807, 2.05) is 0 Å². The molecule has 0 aliphatic heterocycles. The van der Waals surface area contributed by atoms with E-state index in [9.17, 15) is 9.18 Å². The molecule has 1 rings (SSSR count). The van der Waals surface area contributed by atoms with E-state index >= 15 is 0 Å². The van der Waals surface area contributed by atoms with Gasteiger partial charge in [-0.3, -0.25) is 0 Å². The van der Waals surface area contributed by atoms with Gasteiger partial charge in [-0.25, -0.2) is 9.18 Å². The van der Waals surface area contributed by atoms with Crippen LogP contribution in [0.5, 0.6) is 0 Å². The maximum atomic E-state index is 12.9. The lowest BCUT2D eigenvalue weighted by atomic mass is 10.2. The zero-order chi connectivity index (χ0) is 9.84. The van der Waals surface area contributed by atoms with Crippen molar-refractivity contribution in [2.75, 3.05) is 0 Å². The van der Waals surface area contributed by atoms with Crippen molar-refractivity contribution in [2.45, 2.75) is 0 Å². The minimum absolute atomic E-state index is 0.361. The van der Waals surface area contributed by atoms with Crippen LogP contribution < -0.4 is 0 Å². The molecule has 0 amide bonds. The van der Waals surface area contributed by atoms with Crippen molar-refractivity contribution in [1.29, 1.82) is 0 Å². The van der Waals surface area contributed by atoms with Crippen LogP contribution in [0.15, 0.2) is 28.7 Å². The predicted octanol–water partition coefficient (Wildman–Crippen LogP) is 2.69. The van der Waals surface area contributed by atoms with E-state index in [0.29, 0.717) is 10.0 Å². The van der Waals surface area contributed by atoms with Crippen molar-refractivity contribution in [3.8, 4) is 0 Å². The van der Waals surface area contributed by atoms with Crippen molar-refractivity contribution in [2.24, 2.45) is 0 Å². The number of hydrogen-bond donors (Lipinski definition) is 1. The molecular formula is C9H6BrFO2. The summed E-state index contributed by atoms with van der Waals surface area (Å²) in [5.41, 5.74) is 0.517. The molecule has 2 nitrogen and oxygen atoms in total. The Balaban J connectivity index is 2.92. The number of aliphatic carboxylic acids is 1. The molecule has 0 unspecified atom stereocenters. The van der Waals surface area contributed by atoms with Gasteiger partial charge in [0.2, 0.25) is 0 Å². The minimum atomic E-state index is -1.05. The molecule has 0 spiro atoms. The van der Waals surface area contributed by atoms with E-state index in [4.69, 9.17) is 5.11 Å². The summed E-state index contributed by atoms with van der Waals surface area (Å²) in [6.07, 6.45) is 2.29. The van der Waals surface area contributed by atoms with Crippen LogP contribution in [-0.2, 0) is 4.79 Å². The van der Waals surface area contributed by atoms with Gasteiger partial charge in [-0.05, 0) is 39.7 Å². The van der Waals surface area contributed by atoms with E-state index < -0.39 is 11.8 Å². The molecule has 68 valence electrons. The highest BCUT2D eigenvalue weighted by atomic mass is 79.9. The summed E-state index contributed by atoms with van der Waals surface area (Å²) in [5, 5.41) is 8.31. The Hall–Kier alpha value is -1.16. The highest BCUT2D eigenvalue weighted by Gasteiger charge is 1.98. The zero-order valence-corrected chi connectivity index (χ0v) is 8.08. The first-order valence-electron chi connectivity index (χ1n) is 3.45. The molecule has 0 radical (unpaired) electrons. The van der Waals surface area contributed by atoms with Gasteiger partial charge in [0.15, 0.2) is 0 Å². The van der Waals surface area contributed by atoms with Gasteiger partial charge >= 0.3 is 5.97 Å². The third kappa shape index (κ3) is 2.99. The summed E-state index contributed by atoms with van der Waals surface area (Å²) in [7, 11) is 0. The Morgan fingerprint density at radius 2 is 2.23 bits per heavy atom. The van der Waals surface area contributed by atoms with Crippen LogP contribution in [0.3, 0.4) is 0 Å². The SMILES string of the molecule is O=C(O)/C=C/c1ccc(Br)c(F)c1. The van der Waals surface area contributed by atoms with Gasteiger partial charge in [-0.2, -0.15) is 0 Å². The van der Waals surface area contributed by atoms with Crippen LogP contribution in [0.4, 0.5) is 4.39 Å². The van der Waals surface area contributed by atoms with Gasteiger partial charge < -0.3 is 5.11 Å². The molecule has 0 aliphatic carbocycles. The molecule has 0 heterocycles. The van der Waals surface area contributed by atoms with Crippen molar-refractivity contribution in [3.05, 3.63) is 40.1 Å². The minimum Gasteiger partial charge on any atom is -0.478 e. The molecule has 0 fully saturated rings. The molecule has 0 saturated carbocycles. The van der Waals surface area contributed by atoms with E-state index in [0.717, 1.165) is 6.08 Å². The number of carbonyl (C=O) groups is 1. The predicted molar refractivity (Wildman–Crippen MR) is 50.8 cm³/mol. The average Bonchev–Trinajstić information content (AvgIpc) is 2.07. The van der Waals surface area contributed by atoms with Gasteiger partial charge in [0.25, 0.3) is 0 Å². The molecule has 0 aliphatic rings. The Labute approximate surface area is 82.8 Å². The van der Waals surface area contributed by atoms with Crippen LogP contribution >= 0.6 is 15.9 Å². The normalized spacial score (nSPS) is 10.6. The monoisotopic (exact) mass is 244 g/mol. The Morgan fingerprint density at radius 3 is 2.77 bits per heavy atom. The van der Waals surface area contributed by atoms with E-state index in [2.05, 4.69) is 15.9 Å². The smallest absolute Gasteiger partial charge is 0.328 e. The van der Waals surface area contributed by atoms with Gasteiger partial charge in [-0.1, -0.05) is 6.07 Å². The summed E-state index contributed by atoms with van der Waals surface area (Å²) in [6.45, 7) is 0. The second-order valence-electron chi connectivity index (χ2n) is 2.35. The van der Waals surface area contributed by atoms with Crippen LogP contribution in [0.1, 0.15) is 5.56 Å². The van der Waals surface area contributed by atoms with Crippen LogP contribution in [-0.4, -0.2) is 11.1 Å². The van der Waals surface area contributed by atoms with Crippen molar-refractivity contribution in [1.82, 2.24) is 0 Å². The summed E-state index contributed by atoms with van der Waals surface area (Å²) < 4.78 is 13.2. The molecule has 0 aromatic heterocycles. The lowest BCUT2D eigenvalue weighted by Crippen LogP contribution is -1.86. The second kappa shape index (κ2) is 4.18. The summed E-state index contributed by atoms with van der Waals surface area (Å²) >= 11 is 2.99. The van der Waals surface area contributed by atoms with Gasteiger partial charge in [-0.15, -0.1) is 0 Å². The first-order valence-corrected chi connectivity index (χ1v) is 4.25. The number of carboxylic acids is 1. The lowest BCUT2D eigenvalue weighted by molar-refractivity contribution is -0.131. The summed E-state index contributed by atoms with van der Waals surface area (Å²) in [6, 6.07) is 4.40. The van der Waals surface area contributed by atoms with E-state index in [1.165, 1.54) is 18.2 Å². The van der Waals surface area contributed by atoms with Gasteiger partial charge in [0, 0.05) is 6.08 Å². The number of carboxylic acid groups (broad SMARTS) is 1. The molecule has 0 atom stereocenters. The number of benzene rings is 1. The largest absolute Gasteiger partial charge is 0.478 e. The fourth-order valence-electron chi connectivity index (χ4n) is 0.784. The standard InChI is InChI=1S/C9H6BrFO2/c10-7-3-1-6(5-8(7)11)2-4-9(12)13/h1-5H,(H,12,13)/b4-2+. The van der Waals surface area contributed by atoms with Crippen LogP contribution in [0, 0.1) is 5.82 Å². The fraction of sp³-hybridized carbons (Fsp3) is 0. The molecule has 13 heavy (non-hydrogen) atoms. The lowest BCUT2D eigenvalue weighted by Gasteiger charge is -1.95.